The van der Waals surface area contributed by atoms with E-state index >= 15 is 0 Å². The fraction of sp³-hybridized carbons (Fsp3) is 0.412. The van der Waals surface area contributed by atoms with E-state index in [2.05, 4.69) is 9.72 Å². The molecule has 1 heterocycles. The number of esters is 2. The number of nitrogens with zero attached hydrogens (tertiary/aromatic N) is 2. The Labute approximate surface area is 149 Å². The number of methoxy groups -OCH3 is 2. The van der Waals surface area contributed by atoms with Crippen molar-refractivity contribution in [1.82, 2.24) is 9.55 Å². The first-order chi connectivity index (χ1) is 11.9. The maximum Gasteiger partial charge on any atom is 0.337 e. The van der Waals surface area contributed by atoms with E-state index in [0.717, 1.165) is 11.8 Å². The fourth-order valence-electron chi connectivity index (χ4n) is 2.26. The molecule has 0 aliphatic carbocycles. The summed E-state index contributed by atoms with van der Waals surface area (Å²) in [6, 6.07) is 4.63. The number of hydrogen-bond acceptors (Lipinski definition) is 7. The van der Waals surface area contributed by atoms with Crippen molar-refractivity contribution in [3.8, 4) is 0 Å². The van der Waals surface area contributed by atoms with Gasteiger partial charge >= 0.3 is 11.9 Å². The molecule has 0 N–H and O–H groups in total. The lowest BCUT2D eigenvalue weighted by atomic mass is 10.1. The largest absolute Gasteiger partial charge is 0.468 e. The predicted molar refractivity (Wildman–Crippen MR) is 94.9 cm³/mol. The molecular formula is C17H20N2O5S. The molecule has 0 aliphatic rings. The number of carbonyl (C=O) groups is 2. The SMILES string of the molecule is COC(=O)CSc1nc2cc(C(=O)OC)ccc2c(=O)n1CC(C)C. The second kappa shape index (κ2) is 8.15. The molecule has 0 saturated carbocycles. The Bertz CT molecular complexity index is 860. The van der Waals surface area contributed by atoms with Gasteiger partial charge in [-0.3, -0.25) is 14.2 Å². The van der Waals surface area contributed by atoms with E-state index in [4.69, 9.17) is 4.74 Å². The lowest BCUT2D eigenvalue weighted by Crippen LogP contribution is -2.26. The summed E-state index contributed by atoms with van der Waals surface area (Å²) >= 11 is 1.13. The van der Waals surface area contributed by atoms with Gasteiger partial charge in [0.2, 0.25) is 0 Å². The van der Waals surface area contributed by atoms with Crippen LogP contribution in [0.4, 0.5) is 0 Å². The first-order valence-corrected chi connectivity index (χ1v) is 8.68. The van der Waals surface area contributed by atoms with E-state index in [-0.39, 0.29) is 17.2 Å². The van der Waals surface area contributed by atoms with Gasteiger partial charge in [-0.1, -0.05) is 25.6 Å². The number of carbonyl (C=O) groups excluding carboxylic acids is 2. The van der Waals surface area contributed by atoms with Crippen LogP contribution in [0, 0.1) is 5.92 Å². The topological polar surface area (TPSA) is 87.5 Å². The number of ether oxygens (including phenoxy) is 2. The molecule has 0 saturated heterocycles. The second-order valence-electron chi connectivity index (χ2n) is 5.79. The van der Waals surface area contributed by atoms with Gasteiger partial charge in [-0.25, -0.2) is 9.78 Å². The highest BCUT2D eigenvalue weighted by molar-refractivity contribution is 7.99. The number of rotatable bonds is 6. The van der Waals surface area contributed by atoms with Crippen LogP contribution in [-0.4, -0.2) is 41.5 Å². The summed E-state index contributed by atoms with van der Waals surface area (Å²) in [5.41, 5.74) is 0.496. The average Bonchev–Trinajstić information content (AvgIpc) is 2.60. The molecule has 2 rings (SSSR count). The van der Waals surface area contributed by atoms with E-state index < -0.39 is 11.9 Å². The van der Waals surface area contributed by atoms with Crippen LogP contribution in [-0.2, 0) is 20.8 Å². The summed E-state index contributed by atoms with van der Waals surface area (Å²) in [5, 5.41) is 0.828. The maximum atomic E-state index is 12.8. The molecule has 7 nitrogen and oxygen atoms in total. The summed E-state index contributed by atoms with van der Waals surface area (Å²) in [4.78, 5) is 40.4. The third-order valence-corrected chi connectivity index (χ3v) is 4.39. The zero-order valence-electron chi connectivity index (χ0n) is 14.6. The maximum absolute atomic E-state index is 12.8. The Morgan fingerprint density at radius 3 is 2.56 bits per heavy atom. The van der Waals surface area contributed by atoms with Gasteiger partial charge in [0.25, 0.3) is 5.56 Å². The Morgan fingerprint density at radius 1 is 1.24 bits per heavy atom. The first kappa shape index (κ1) is 19.0. The Kier molecular flexibility index (Phi) is 6.19. The summed E-state index contributed by atoms with van der Waals surface area (Å²) in [5.74, 6) is -0.634. The van der Waals surface area contributed by atoms with E-state index in [1.165, 1.54) is 26.4 Å². The zero-order valence-corrected chi connectivity index (χ0v) is 15.4. The molecule has 0 aliphatic heterocycles. The van der Waals surface area contributed by atoms with Gasteiger partial charge in [0.05, 0.1) is 36.4 Å². The van der Waals surface area contributed by atoms with Crippen LogP contribution in [0.5, 0.6) is 0 Å². The second-order valence-corrected chi connectivity index (χ2v) is 6.73. The lowest BCUT2D eigenvalue weighted by Gasteiger charge is -2.15. The highest BCUT2D eigenvalue weighted by Crippen LogP contribution is 2.20. The van der Waals surface area contributed by atoms with Crippen LogP contribution in [0.1, 0.15) is 24.2 Å². The molecule has 1 aromatic heterocycles. The minimum atomic E-state index is -0.501. The number of hydrogen-bond donors (Lipinski definition) is 0. The molecular weight excluding hydrogens is 344 g/mol. The summed E-state index contributed by atoms with van der Waals surface area (Å²) in [6.07, 6.45) is 0. The van der Waals surface area contributed by atoms with Crippen molar-refractivity contribution >= 4 is 34.6 Å². The molecule has 0 spiro atoms. The van der Waals surface area contributed by atoms with Crippen LogP contribution in [0.15, 0.2) is 28.2 Å². The van der Waals surface area contributed by atoms with Crippen molar-refractivity contribution in [1.29, 1.82) is 0 Å². The van der Waals surface area contributed by atoms with Crippen LogP contribution >= 0.6 is 11.8 Å². The van der Waals surface area contributed by atoms with Crippen molar-refractivity contribution in [2.45, 2.75) is 25.5 Å². The first-order valence-electron chi connectivity index (χ1n) is 7.70. The smallest absolute Gasteiger partial charge is 0.337 e. The summed E-state index contributed by atoms with van der Waals surface area (Å²) in [6.45, 7) is 4.46. The van der Waals surface area contributed by atoms with Crippen LogP contribution in [0.2, 0.25) is 0 Å². The van der Waals surface area contributed by atoms with Crippen LogP contribution in [0.3, 0.4) is 0 Å². The minimum Gasteiger partial charge on any atom is -0.468 e. The van der Waals surface area contributed by atoms with Gasteiger partial charge in [-0.15, -0.1) is 0 Å². The van der Waals surface area contributed by atoms with Crippen molar-refractivity contribution in [2.75, 3.05) is 20.0 Å². The third kappa shape index (κ3) is 4.39. The van der Waals surface area contributed by atoms with E-state index in [1.807, 2.05) is 13.8 Å². The highest BCUT2D eigenvalue weighted by Gasteiger charge is 2.16. The molecule has 0 fully saturated rings. The van der Waals surface area contributed by atoms with Gasteiger partial charge in [0.1, 0.15) is 0 Å². The van der Waals surface area contributed by atoms with Crippen LogP contribution in [0.25, 0.3) is 10.9 Å². The number of thioether (sulfide) groups is 1. The molecule has 0 bridgehead atoms. The van der Waals surface area contributed by atoms with Crippen molar-refractivity contribution in [3.05, 3.63) is 34.1 Å². The molecule has 8 heteroatoms. The molecule has 1 aromatic carbocycles. The van der Waals surface area contributed by atoms with Gasteiger partial charge in [0.15, 0.2) is 5.16 Å². The van der Waals surface area contributed by atoms with Crippen LogP contribution < -0.4 is 5.56 Å². The van der Waals surface area contributed by atoms with Crippen molar-refractivity contribution < 1.29 is 19.1 Å². The summed E-state index contributed by atoms with van der Waals surface area (Å²) < 4.78 is 10.9. The predicted octanol–water partition coefficient (Wildman–Crippen LogP) is 2.10. The number of aromatic nitrogens is 2. The average molecular weight is 364 g/mol. The molecule has 0 amide bonds. The third-order valence-electron chi connectivity index (χ3n) is 3.44. The van der Waals surface area contributed by atoms with Gasteiger partial charge in [-0.2, -0.15) is 0 Å². The monoisotopic (exact) mass is 364 g/mol. The van der Waals surface area contributed by atoms with Gasteiger partial charge < -0.3 is 9.47 Å². The minimum absolute atomic E-state index is 0.0449. The zero-order chi connectivity index (χ0) is 18.6. The van der Waals surface area contributed by atoms with E-state index in [9.17, 15) is 14.4 Å². The van der Waals surface area contributed by atoms with E-state index in [1.54, 1.807) is 10.6 Å². The molecule has 0 radical (unpaired) electrons. The van der Waals surface area contributed by atoms with Crippen molar-refractivity contribution in [2.24, 2.45) is 5.92 Å². The Balaban J connectivity index is 2.58. The number of fused-ring (bicyclic) bond motifs is 1. The molecule has 25 heavy (non-hydrogen) atoms. The molecule has 0 atom stereocenters. The standard InChI is InChI=1S/C17H20N2O5S/c1-10(2)8-19-15(21)12-6-5-11(16(22)24-4)7-13(12)18-17(19)25-9-14(20)23-3/h5-7,10H,8-9H2,1-4H3. The molecule has 134 valence electrons. The Hall–Kier alpha value is -2.35. The molecule has 2 aromatic rings. The normalized spacial score (nSPS) is 10.9. The summed E-state index contributed by atoms with van der Waals surface area (Å²) in [7, 11) is 2.60. The fourth-order valence-corrected chi connectivity index (χ4v) is 3.11. The van der Waals surface area contributed by atoms with Crippen molar-refractivity contribution in [3.63, 3.8) is 0 Å². The number of benzene rings is 1. The van der Waals surface area contributed by atoms with Gasteiger partial charge in [-0.05, 0) is 24.1 Å². The Morgan fingerprint density at radius 2 is 1.96 bits per heavy atom. The molecule has 0 unspecified atom stereocenters. The lowest BCUT2D eigenvalue weighted by molar-refractivity contribution is -0.137. The highest BCUT2D eigenvalue weighted by atomic mass is 32.2. The van der Waals surface area contributed by atoms with E-state index in [0.29, 0.717) is 28.2 Å². The quantitative estimate of drug-likeness (QED) is 0.441. The van der Waals surface area contributed by atoms with Gasteiger partial charge in [0, 0.05) is 6.54 Å².